The van der Waals surface area contributed by atoms with E-state index in [9.17, 15) is 24.2 Å². The fraction of sp³-hybridized carbons (Fsp3) is 0.964. The lowest BCUT2D eigenvalue weighted by Crippen LogP contribution is -2.29. The van der Waals surface area contributed by atoms with Crippen molar-refractivity contribution in [2.24, 2.45) is 0 Å². The molecule has 0 rings (SSSR count). The fourth-order valence-electron chi connectivity index (χ4n) is 8.65. The number of carbonyl (C=O) groups excluding carboxylic acids is 2. The van der Waals surface area contributed by atoms with Crippen LogP contribution >= 0.6 is 7.82 Å². The zero-order chi connectivity index (χ0) is 48.3. The minimum atomic E-state index is -4.62. The Bertz CT molecular complexity index is 1060. The normalized spacial score (nSPS) is 13.5. The quantitative estimate of drug-likeness (QED) is 0.0305. The summed E-state index contributed by atoms with van der Waals surface area (Å²) in [4.78, 5) is 35.3. The third-order valence-corrected chi connectivity index (χ3v) is 14.0. The molecule has 3 N–H and O–H groups in total. The maximum absolute atomic E-state index is 12.7. The number of phosphoric acid groups is 1. The van der Waals surface area contributed by atoms with Crippen molar-refractivity contribution in [3.63, 3.8) is 0 Å². The lowest BCUT2D eigenvalue weighted by atomic mass is 10.0. The lowest BCUT2D eigenvalue weighted by Gasteiger charge is -2.20. The van der Waals surface area contributed by atoms with Crippen molar-refractivity contribution in [2.45, 2.75) is 315 Å². The second-order valence-corrected chi connectivity index (χ2v) is 21.1. The molecule has 0 heterocycles. The molecule has 3 atom stereocenters. The van der Waals surface area contributed by atoms with Gasteiger partial charge in [0.15, 0.2) is 6.10 Å². The highest BCUT2D eigenvalue weighted by molar-refractivity contribution is 7.47. The number of hydrogen-bond donors (Lipinski definition) is 3. The Morgan fingerprint density at radius 2 is 0.652 bits per heavy atom. The molecule has 0 aliphatic heterocycles. The Morgan fingerprint density at radius 3 is 0.939 bits per heavy atom. The van der Waals surface area contributed by atoms with Crippen LogP contribution in [0.25, 0.3) is 0 Å². The Hall–Kier alpha value is -1.03. The molecule has 0 radical (unpaired) electrons. The predicted molar refractivity (Wildman–Crippen MR) is 275 cm³/mol. The van der Waals surface area contributed by atoms with Crippen LogP contribution in [0.15, 0.2) is 0 Å². The van der Waals surface area contributed by atoms with Crippen molar-refractivity contribution in [3.05, 3.63) is 0 Å². The first-order chi connectivity index (χ1) is 32.2. The topological polar surface area (TPSA) is 149 Å². The maximum atomic E-state index is 12.7. The van der Waals surface area contributed by atoms with E-state index < -0.39 is 51.8 Å². The van der Waals surface area contributed by atoms with Gasteiger partial charge in [0.2, 0.25) is 0 Å². The smallest absolute Gasteiger partial charge is 0.462 e. The van der Waals surface area contributed by atoms with Gasteiger partial charge in [-0.2, -0.15) is 0 Å². The van der Waals surface area contributed by atoms with Gasteiger partial charge in [-0.05, 0) is 12.8 Å². The number of carbonyl (C=O) groups is 2. The largest absolute Gasteiger partial charge is 0.472 e. The molecule has 0 bridgehead atoms. The summed E-state index contributed by atoms with van der Waals surface area (Å²) >= 11 is 0. The molecule has 394 valence electrons. The highest BCUT2D eigenvalue weighted by atomic mass is 31.2. The van der Waals surface area contributed by atoms with E-state index in [1.807, 2.05) is 0 Å². The van der Waals surface area contributed by atoms with Gasteiger partial charge in [0, 0.05) is 12.8 Å². The van der Waals surface area contributed by atoms with Crippen molar-refractivity contribution >= 4 is 19.8 Å². The standard InChI is InChI=1S/C55H109O10P/c1-3-5-7-9-11-13-15-17-19-21-23-25-27-29-31-33-35-37-39-41-43-45-47-55(59)65-53(51-64-66(60,61)63-49-52(57)48-56)50-62-54(58)46-44-42-40-38-36-34-32-30-28-26-24-22-20-18-16-14-12-10-8-6-4-2/h52-53,56-57H,3-51H2,1-2H3,(H,60,61). The third kappa shape index (κ3) is 50.8. The van der Waals surface area contributed by atoms with E-state index in [-0.39, 0.29) is 19.4 Å². The summed E-state index contributed by atoms with van der Waals surface area (Å²) in [6.45, 7) is 2.47. The first-order valence-corrected chi connectivity index (χ1v) is 30.0. The number of phosphoric ester groups is 1. The Morgan fingerprint density at radius 1 is 0.394 bits per heavy atom. The van der Waals surface area contributed by atoms with E-state index in [1.165, 1.54) is 231 Å². The molecule has 0 spiro atoms. The van der Waals surface area contributed by atoms with Crippen molar-refractivity contribution in [3.8, 4) is 0 Å². The highest BCUT2D eigenvalue weighted by Crippen LogP contribution is 2.43. The van der Waals surface area contributed by atoms with E-state index in [1.54, 1.807) is 0 Å². The summed E-state index contributed by atoms with van der Waals surface area (Å²) in [7, 11) is -4.62. The van der Waals surface area contributed by atoms with E-state index in [0.717, 1.165) is 32.1 Å². The summed E-state index contributed by atoms with van der Waals surface area (Å²) in [5.74, 6) is -0.899. The molecule has 0 fully saturated rings. The molecule has 0 saturated heterocycles. The minimum Gasteiger partial charge on any atom is -0.462 e. The molecular formula is C55H109O10P. The van der Waals surface area contributed by atoms with Crippen LogP contribution in [0, 0.1) is 0 Å². The molecule has 3 unspecified atom stereocenters. The number of ether oxygens (including phenoxy) is 2. The van der Waals surface area contributed by atoms with Crippen LogP contribution < -0.4 is 0 Å². The van der Waals surface area contributed by atoms with Gasteiger partial charge in [-0.1, -0.05) is 277 Å². The van der Waals surface area contributed by atoms with Crippen molar-refractivity contribution in [1.29, 1.82) is 0 Å². The van der Waals surface area contributed by atoms with E-state index in [4.69, 9.17) is 23.6 Å². The van der Waals surface area contributed by atoms with Gasteiger partial charge < -0.3 is 24.6 Å². The number of aliphatic hydroxyl groups is 2. The number of unbranched alkanes of at least 4 members (excludes halogenated alkanes) is 41. The van der Waals surface area contributed by atoms with Gasteiger partial charge in [-0.25, -0.2) is 4.57 Å². The van der Waals surface area contributed by atoms with E-state index >= 15 is 0 Å². The summed E-state index contributed by atoms with van der Waals surface area (Å²) in [6.07, 6.45) is 53.7. The minimum absolute atomic E-state index is 0.193. The van der Waals surface area contributed by atoms with Crippen LogP contribution in [0.1, 0.15) is 303 Å². The molecule has 0 aromatic rings. The van der Waals surface area contributed by atoms with Gasteiger partial charge in [0.25, 0.3) is 0 Å². The molecule has 11 heteroatoms. The zero-order valence-corrected chi connectivity index (χ0v) is 44.3. The summed E-state index contributed by atoms with van der Waals surface area (Å²) in [5.41, 5.74) is 0. The van der Waals surface area contributed by atoms with Gasteiger partial charge >= 0.3 is 19.8 Å². The van der Waals surface area contributed by atoms with E-state index in [2.05, 4.69) is 13.8 Å². The van der Waals surface area contributed by atoms with Crippen LogP contribution in [0.3, 0.4) is 0 Å². The van der Waals surface area contributed by atoms with E-state index in [0.29, 0.717) is 12.8 Å². The number of aliphatic hydroxyl groups excluding tert-OH is 2. The molecule has 0 aliphatic carbocycles. The zero-order valence-electron chi connectivity index (χ0n) is 43.4. The van der Waals surface area contributed by atoms with Crippen LogP contribution in [-0.4, -0.2) is 65.7 Å². The van der Waals surface area contributed by atoms with Crippen LogP contribution in [0.2, 0.25) is 0 Å². The van der Waals surface area contributed by atoms with Gasteiger partial charge in [0.1, 0.15) is 12.7 Å². The second kappa shape index (κ2) is 51.8. The van der Waals surface area contributed by atoms with Crippen molar-refractivity contribution in [1.82, 2.24) is 0 Å². The Balaban J connectivity index is 4.05. The van der Waals surface area contributed by atoms with Crippen LogP contribution in [0.4, 0.5) is 0 Å². The SMILES string of the molecule is CCCCCCCCCCCCCCCCCCCCCCCCC(=O)OC(COC(=O)CCCCCCCCCCCCCCCCCCCCCCC)COP(=O)(O)OCC(O)CO. The van der Waals surface area contributed by atoms with Gasteiger partial charge in [-0.15, -0.1) is 0 Å². The molecule has 10 nitrogen and oxygen atoms in total. The van der Waals surface area contributed by atoms with Gasteiger partial charge in [-0.3, -0.25) is 18.6 Å². The molecule has 0 aliphatic rings. The van der Waals surface area contributed by atoms with Gasteiger partial charge in [0.05, 0.1) is 19.8 Å². The Labute approximate surface area is 407 Å². The molecule has 0 aromatic heterocycles. The first-order valence-electron chi connectivity index (χ1n) is 28.5. The molecule has 0 saturated carbocycles. The van der Waals surface area contributed by atoms with Crippen LogP contribution in [0.5, 0.6) is 0 Å². The summed E-state index contributed by atoms with van der Waals surface area (Å²) < 4.78 is 33.0. The number of rotatable bonds is 55. The molecule has 66 heavy (non-hydrogen) atoms. The average Bonchev–Trinajstić information content (AvgIpc) is 3.31. The lowest BCUT2D eigenvalue weighted by molar-refractivity contribution is -0.161. The van der Waals surface area contributed by atoms with Crippen molar-refractivity contribution in [2.75, 3.05) is 26.4 Å². The monoisotopic (exact) mass is 961 g/mol. The maximum Gasteiger partial charge on any atom is 0.472 e. The average molecular weight is 961 g/mol. The summed E-state index contributed by atoms with van der Waals surface area (Å²) in [6, 6.07) is 0. The molecular weight excluding hydrogens is 852 g/mol. The first kappa shape index (κ1) is 65.0. The summed E-state index contributed by atoms with van der Waals surface area (Å²) in [5, 5.41) is 18.4. The number of esters is 2. The van der Waals surface area contributed by atoms with Crippen molar-refractivity contribution < 1.29 is 47.8 Å². The Kier molecular flexibility index (Phi) is 51.0. The molecule has 0 aromatic carbocycles. The highest BCUT2D eigenvalue weighted by Gasteiger charge is 2.27. The third-order valence-electron chi connectivity index (χ3n) is 13.0. The fourth-order valence-corrected chi connectivity index (χ4v) is 9.44. The predicted octanol–water partition coefficient (Wildman–Crippen LogP) is 16.5. The number of hydrogen-bond acceptors (Lipinski definition) is 9. The second-order valence-electron chi connectivity index (χ2n) is 19.7. The molecule has 0 amide bonds. The van der Waals surface area contributed by atoms with Crippen LogP contribution in [-0.2, 0) is 32.7 Å².